The molecule has 27 heavy (non-hydrogen) atoms. The summed E-state index contributed by atoms with van der Waals surface area (Å²) in [5, 5.41) is 3.06. The smallest absolute Gasteiger partial charge is 0.243 e. The van der Waals surface area contributed by atoms with Crippen LogP contribution in [0.1, 0.15) is 37.7 Å². The monoisotopic (exact) mass is 393 g/mol. The second-order valence-electron chi connectivity index (χ2n) is 7.68. The van der Waals surface area contributed by atoms with E-state index in [-0.39, 0.29) is 11.8 Å². The number of carbonyl (C=O) groups is 1. The number of benzene rings is 1. The number of nitrogens with one attached hydrogen (secondary N) is 1. The molecule has 1 aromatic rings. The Morgan fingerprint density at radius 3 is 2.30 bits per heavy atom. The number of rotatable bonds is 6. The Morgan fingerprint density at radius 2 is 1.67 bits per heavy atom. The van der Waals surface area contributed by atoms with Gasteiger partial charge in [-0.05, 0) is 31.9 Å². The number of aryl methyl sites for hydroxylation is 1. The summed E-state index contributed by atoms with van der Waals surface area (Å²) in [6.45, 7) is 5.74. The highest BCUT2D eigenvalue weighted by Crippen LogP contribution is 2.23. The van der Waals surface area contributed by atoms with Gasteiger partial charge in [0.25, 0.3) is 0 Å². The molecule has 0 spiro atoms. The minimum Gasteiger partial charge on any atom is -0.355 e. The lowest BCUT2D eigenvalue weighted by Gasteiger charge is -2.34. The average Bonchev–Trinajstić information content (AvgIpc) is 2.69. The molecule has 0 unspecified atom stereocenters. The van der Waals surface area contributed by atoms with E-state index < -0.39 is 10.0 Å². The number of amides is 1. The van der Waals surface area contributed by atoms with Gasteiger partial charge < -0.3 is 5.32 Å². The van der Waals surface area contributed by atoms with Gasteiger partial charge in [-0.3, -0.25) is 9.69 Å². The van der Waals surface area contributed by atoms with Crippen molar-refractivity contribution >= 4 is 15.9 Å². The zero-order valence-electron chi connectivity index (χ0n) is 16.2. The molecule has 1 saturated heterocycles. The topological polar surface area (TPSA) is 69.7 Å². The first kappa shape index (κ1) is 20.3. The van der Waals surface area contributed by atoms with Crippen molar-refractivity contribution in [2.75, 3.05) is 39.3 Å². The maximum Gasteiger partial charge on any atom is 0.243 e. The lowest BCUT2D eigenvalue weighted by Crippen LogP contribution is -2.50. The van der Waals surface area contributed by atoms with Crippen molar-refractivity contribution in [3.8, 4) is 0 Å². The van der Waals surface area contributed by atoms with E-state index in [2.05, 4.69) is 10.2 Å². The fraction of sp³-hybridized carbons (Fsp3) is 0.650. The summed E-state index contributed by atoms with van der Waals surface area (Å²) >= 11 is 0. The Hall–Kier alpha value is -1.44. The highest BCUT2D eigenvalue weighted by molar-refractivity contribution is 7.89. The summed E-state index contributed by atoms with van der Waals surface area (Å²) in [4.78, 5) is 14.8. The summed E-state index contributed by atoms with van der Waals surface area (Å²) in [5.41, 5.74) is 1.05. The van der Waals surface area contributed by atoms with Gasteiger partial charge in [-0.25, -0.2) is 8.42 Å². The Kier molecular flexibility index (Phi) is 6.89. The molecule has 0 atom stereocenters. The minimum atomic E-state index is -3.41. The van der Waals surface area contributed by atoms with Crippen molar-refractivity contribution < 1.29 is 13.2 Å². The summed E-state index contributed by atoms with van der Waals surface area (Å²) in [6, 6.07) is 7.02. The van der Waals surface area contributed by atoms with E-state index in [4.69, 9.17) is 0 Å². The predicted molar refractivity (Wildman–Crippen MR) is 106 cm³/mol. The number of piperazine rings is 1. The first-order chi connectivity index (χ1) is 13.0. The van der Waals surface area contributed by atoms with Crippen LogP contribution in [0.5, 0.6) is 0 Å². The number of nitrogens with zero attached hydrogens (tertiary/aromatic N) is 2. The maximum absolute atomic E-state index is 12.7. The van der Waals surface area contributed by atoms with Crippen molar-refractivity contribution in [2.45, 2.75) is 43.9 Å². The van der Waals surface area contributed by atoms with Crippen LogP contribution in [0.2, 0.25) is 0 Å². The molecule has 2 fully saturated rings. The normalized spacial score (nSPS) is 20.5. The van der Waals surface area contributed by atoms with E-state index in [1.54, 1.807) is 16.4 Å². The van der Waals surface area contributed by atoms with Gasteiger partial charge in [-0.2, -0.15) is 4.31 Å². The van der Waals surface area contributed by atoms with Gasteiger partial charge in [0.2, 0.25) is 15.9 Å². The molecule has 1 aliphatic carbocycles. The number of hydrogen-bond donors (Lipinski definition) is 1. The van der Waals surface area contributed by atoms with E-state index in [0.29, 0.717) is 37.6 Å². The van der Waals surface area contributed by atoms with E-state index in [1.807, 2.05) is 19.1 Å². The molecule has 7 heteroatoms. The molecule has 6 nitrogen and oxygen atoms in total. The highest BCUT2D eigenvalue weighted by Gasteiger charge is 2.28. The Morgan fingerprint density at radius 1 is 1.04 bits per heavy atom. The van der Waals surface area contributed by atoms with Crippen LogP contribution in [-0.4, -0.2) is 62.8 Å². The van der Waals surface area contributed by atoms with Crippen LogP contribution in [0.4, 0.5) is 0 Å². The second-order valence-corrected chi connectivity index (χ2v) is 9.62. The maximum atomic E-state index is 12.7. The fourth-order valence-corrected chi connectivity index (χ4v) is 5.32. The van der Waals surface area contributed by atoms with Gasteiger partial charge in [0.05, 0.1) is 4.90 Å². The first-order valence-electron chi connectivity index (χ1n) is 10.0. The van der Waals surface area contributed by atoms with Gasteiger partial charge in [0.15, 0.2) is 0 Å². The molecule has 1 amide bonds. The molecule has 1 heterocycles. The largest absolute Gasteiger partial charge is 0.355 e. The van der Waals surface area contributed by atoms with Crippen LogP contribution in [-0.2, 0) is 14.8 Å². The highest BCUT2D eigenvalue weighted by atomic mass is 32.2. The fourth-order valence-electron chi connectivity index (χ4n) is 3.90. The molecule has 2 aliphatic rings. The lowest BCUT2D eigenvalue weighted by molar-refractivity contribution is -0.125. The molecule has 3 rings (SSSR count). The quantitative estimate of drug-likeness (QED) is 0.803. The number of sulfonamides is 1. The van der Waals surface area contributed by atoms with Crippen molar-refractivity contribution in [3.05, 3.63) is 29.8 Å². The van der Waals surface area contributed by atoms with Crippen LogP contribution >= 0.6 is 0 Å². The summed E-state index contributed by atoms with van der Waals surface area (Å²) in [7, 11) is -3.41. The van der Waals surface area contributed by atoms with Gasteiger partial charge >= 0.3 is 0 Å². The number of hydrogen-bond acceptors (Lipinski definition) is 4. The SMILES string of the molecule is Cc1ccc(S(=O)(=O)N2CCN(CCNC(=O)C3CCCCC3)CC2)cc1. The number of carbonyl (C=O) groups excluding carboxylic acids is 1. The van der Waals surface area contributed by atoms with Crippen LogP contribution in [0.15, 0.2) is 29.2 Å². The van der Waals surface area contributed by atoms with Crippen molar-refractivity contribution in [1.82, 2.24) is 14.5 Å². The van der Waals surface area contributed by atoms with Crippen LogP contribution in [0, 0.1) is 12.8 Å². The molecule has 1 aromatic carbocycles. The summed E-state index contributed by atoms with van der Waals surface area (Å²) in [5.74, 6) is 0.380. The predicted octanol–water partition coefficient (Wildman–Crippen LogP) is 2.00. The first-order valence-corrected chi connectivity index (χ1v) is 11.5. The van der Waals surface area contributed by atoms with Crippen LogP contribution in [0.3, 0.4) is 0 Å². The molecule has 0 aromatic heterocycles. The molecule has 150 valence electrons. The average molecular weight is 394 g/mol. The standard InChI is InChI=1S/C20H31N3O3S/c1-17-7-9-19(10-8-17)27(25,26)23-15-13-22(14-16-23)12-11-21-20(24)18-5-3-2-4-6-18/h7-10,18H,2-6,11-16H2,1H3,(H,21,24). The molecule has 1 saturated carbocycles. The lowest BCUT2D eigenvalue weighted by atomic mass is 9.89. The Labute approximate surface area is 163 Å². The van der Waals surface area contributed by atoms with Gasteiger partial charge in [-0.1, -0.05) is 37.0 Å². The van der Waals surface area contributed by atoms with Gasteiger partial charge in [0.1, 0.15) is 0 Å². The van der Waals surface area contributed by atoms with E-state index in [1.165, 1.54) is 6.42 Å². The molecule has 1 N–H and O–H groups in total. The third-order valence-corrected chi connectivity index (χ3v) is 7.61. The Bertz CT molecular complexity index is 719. The molecule has 0 bridgehead atoms. The Balaban J connectivity index is 1.42. The van der Waals surface area contributed by atoms with Crippen molar-refractivity contribution in [1.29, 1.82) is 0 Å². The third-order valence-electron chi connectivity index (χ3n) is 5.69. The molecule has 0 radical (unpaired) electrons. The van der Waals surface area contributed by atoms with E-state index in [9.17, 15) is 13.2 Å². The molecular weight excluding hydrogens is 362 g/mol. The summed E-state index contributed by atoms with van der Waals surface area (Å²) < 4.78 is 27.0. The zero-order valence-corrected chi connectivity index (χ0v) is 17.0. The van der Waals surface area contributed by atoms with E-state index in [0.717, 1.165) is 37.8 Å². The van der Waals surface area contributed by atoms with Gasteiger partial charge in [0, 0.05) is 45.2 Å². The van der Waals surface area contributed by atoms with Gasteiger partial charge in [-0.15, -0.1) is 0 Å². The summed E-state index contributed by atoms with van der Waals surface area (Å²) in [6.07, 6.45) is 5.60. The molecular formula is C20H31N3O3S. The van der Waals surface area contributed by atoms with Crippen molar-refractivity contribution in [3.63, 3.8) is 0 Å². The third kappa shape index (κ3) is 5.30. The van der Waals surface area contributed by atoms with Crippen molar-refractivity contribution in [2.24, 2.45) is 5.92 Å². The van der Waals surface area contributed by atoms with Crippen LogP contribution in [0.25, 0.3) is 0 Å². The second kappa shape index (κ2) is 9.17. The zero-order chi connectivity index (χ0) is 19.3. The molecule has 1 aliphatic heterocycles. The minimum absolute atomic E-state index is 0.190. The van der Waals surface area contributed by atoms with E-state index >= 15 is 0 Å². The van der Waals surface area contributed by atoms with Crippen LogP contribution < -0.4 is 5.32 Å².